The second-order valence-corrected chi connectivity index (χ2v) is 5.63. The van der Waals surface area contributed by atoms with E-state index < -0.39 is 0 Å². The maximum Gasteiger partial charge on any atom is 0.252 e. The minimum atomic E-state index is -0.323. The fraction of sp³-hybridized carbons (Fsp3) is 0.400. The molecule has 1 aliphatic heterocycles. The zero-order chi connectivity index (χ0) is 15.7. The average molecular weight is 303 g/mol. The van der Waals surface area contributed by atoms with E-state index in [4.69, 9.17) is 0 Å². The lowest BCUT2D eigenvalue weighted by molar-refractivity contribution is 0.615. The van der Waals surface area contributed by atoms with Crippen LogP contribution in [0.5, 0.6) is 0 Å². The van der Waals surface area contributed by atoms with E-state index in [2.05, 4.69) is 15.0 Å². The van der Waals surface area contributed by atoms with Gasteiger partial charge in [-0.1, -0.05) is 0 Å². The minimum absolute atomic E-state index is 0.0995. The molecule has 1 fully saturated rings. The summed E-state index contributed by atoms with van der Waals surface area (Å²) in [4.78, 5) is 26.7. The van der Waals surface area contributed by atoms with Crippen molar-refractivity contribution in [3.63, 3.8) is 0 Å². The number of halogens is 1. The highest BCUT2D eigenvalue weighted by Gasteiger charge is 2.28. The van der Waals surface area contributed by atoms with Crippen LogP contribution in [0.1, 0.15) is 18.0 Å². The van der Waals surface area contributed by atoms with E-state index in [9.17, 15) is 9.18 Å². The number of aromatic amines is 1. The normalized spacial score (nSPS) is 17.8. The summed E-state index contributed by atoms with van der Waals surface area (Å²) in [6.45, 7) is 1.31. The molecule has 116 valence electrons. The molecule has 7 heteroatoms. The number of rotatable bonds is 3. The summed E-state index contributed by atoms with van der Waals surface area (Å²) >= 11 is 0. The smallest absolute Gasteiger partial charge is 0.252 e. The zero-order valence-electron chi connectivity index (χ0n) is 12.6. The monoisotopic (exact) mass is 303 g/mol. The predicted molar refractivity (Wildman–Crippen MR) is 83.0 cm³/mol. The molecule has 0 radical (unpaired) electrons. The largest absolute Gasteiger partial charge is 0.353 e. The van der Waals surface area contributed by atoms with Crippen LogP contribution in [0.3, 0.4) is 0 Å². The summed E-state index contributed by atoms with van der Waals surface area (Å²) in [6, 6.07) is 4.51. The highest BCUT2D eigenvalue weighted by atomic mass is 19.1. The molecule has 1 N–H and O–H groups in total. The van der Waals surface area contributed by atoms with Gasteiger partial charge in [-0.25, -0.2) is 14.4 Å². The standard InChI is InChI=1S/C15H18FN5O/c1-20(2)15-18-12(8-13(22)19-15)10-5-7-21(9-10)14-11(16)4-3-6-17-14/h3-4,6,8,10H,5,7,9H2,1-2H3,(H,18,19,22). The lowest BCUT2D eigenvalue weighted by Gasteiger charge is -2.18. The number of pyridine rings is 1. The van der Waals surface area contributed by atoms with Crippen molar-refractivity contribution in [2.24, 2.45) is 0 Å². The van der Waals surface area contributed by atoms with E-state index in [1.807, 2.05) is 19.0 Å². The molecule has 1 atom stereocenters. The number of H-pyrrole nitrogens is 1. The van der Waals surface area contributed by atoms with E-state index >= 15 is 0 Å². The number of nitrogens with zero attached hydrogens (tertiary/aromatic N) is 4. The van der Waals surface area contributed by atoms with Crippen molar-refractivity contribution in [2.75, 3.05) is 37.0 Å². The molecular weight excluding hydrogens is 285 g/mol. The molecule has 1 saturated heterocycles. The number of aromatic nitrogens is 3. The van der Waals surface area contributed by atoms with Gasteiger partial charge >= 0.3 is 0 Å². The van der Waals surface area contributed by atoms with Crippen LogP contribution >= 0.6 is 0 Å². The summed E-state index contributed by atoms with van der Waals surface area (Å²) < 4.78 is 13.8. The first-order chi connectivity index (χ1) is 10.5. The summed E-state index contributed by atoms with van der Waals surface area (Å²) in [5, 5.41) is 0. The van der Waals surface area contributed by atoms with Gasteiger partial charge in [-0.05, 0) is 18.6 Å². The van der Waals surface area contributed by atoms with Crippen LogP contribution in [-0.4, -0.2) is 42.1 Å². The van der Waals surface area contributed by atoms with Gasteiger partial charge in [0.05, 0.1) is 5.69 Å². The van der Waals surface area contributed by atoms with Gasteiger partial charge in [0, 0.05) is 45.4 Å². The van der Waals surface area contributed by atoms with Gasteiger partial charge < -0.3 is 9.80 Å². The summed E-state index contributed by atoms with van der Waals surface area (Å²) in [5.41, 5.74) is 0.572. The number of anilines is 2. The number of nitrogens with one attached hydrogen (secondary N) is 1. The van der Waals surface area contributed by atoms with Gasteiger partial charge in [-0.15, -0.1) is 0 Å². The molecule has 2 aromatic rings. The van der Waals surface area contributed by atoms with Crippen molar-refractivity contribution in [2.45, 2.75) is 12.3 Å². The molecule has 0 aromatic carbocycles. The third-order valence-electron chi connectivity index (χ3n) is 3.82. The Bertz CT molecular complexity index is 730. The molecule has 0 saturated carbocycles. The topological polar surface area (TPSA) is 65.1 Å². The second kappa shape index (κ2) is 5.75. The Hall–Kier alpha value is -2.44. The highest BCUT2D eigenvalue weighted by Crippen LogP contribution is 2.29. The van der Waals surface area contributed by atoms with Crippen molar-refractivity contribution in [3.05, 3.63) is 46.3 Å². The molecule has 0 amide bonds. The van der Waals surface area contributed by atoms with Gasteiger partial charge in [0.15, 0.2) is 11.6 Å². The maximum atomic E-state index is 13.8. The van der Waals surface area contributed by atoms with Crippen LogP contribution in [0, 0.1) is 5.82 Å². The van der Waals surface area contributed by atoms with Gasteiger partial charge in [-0.2, -0.15) is 0 Å². The summed E-state index contributed by atoms with van der Waals surface area (Å²) in [5.74, 6) is 0.672. The first-order valence-corrected chi connectivity index (χ1v) is 7.18. The van der Waals surface area contributed by atoms with Crippen molar-refractivity contribution < 1.29 is 4.39 Å². The first-order valence-electron chi connectivity index (χ1n) is 7.18. The van der Waals surface area contributed by atoms with Crippen molar-refractivity contribution in [1.82, 2.24) is 15.0 Å². The molecule has 1 aliphatic rings. The van der Waals surface area contributed by atoms with E-state index in [0.717, 1.165) is 12.1 Å². The lowest BCUT2D eigenvalue weighted by atomic mass is 10.1. The molecule has 1 unspecified atom stereocenters. The van der Waals surface area contributed by atoms with E-state index in [-0.39, 0.29) is 17.3 Å². The van der Waals surface area contributed by atoms with Crippen molar-refractivity contribution in [3.8, 4) is 0 Å². The lowest BCUT2D eigenvalue weighted by Crippen LogP contribution is -2.23. The Labute approximate surface area is 127 Å². The van der Waals surface area contributed by atoms with Crippen LogP contribution in [0.2, 0.25) is 0 Å². The van der Waals surface area contributed by atoms with Gasteiger partial charge in [0.1, 0.15) is 0 Å². The van der Waals surface area contributed by atoms with Crippen LogP contribution in [0.4, 0.5) is 16.2 Å². The Kier molecular flexibility index (Phi) is 3.79. The maximum absolute atomic E-state index is 13.8. The van der Waals surface area contributed by atoms with Crippen LogP contribution < -0.4 is 15.4 Å². The molecule has 3 heterocycles. The molecule has 3 rings (SSSR count). The Morgan fingerprint density at radius 1 is 1.45 bits per heavy atom. The van der Waals surface area contributed by atoms with Gasteiger partial charge in [0.2, 0.25) is 5.95 Å². The van der Waals surface area contributed by atoms with E-state index in [1.165, 1.54) is 12.1 Å². The molecular formula is C15H18FN5O. The SMILES string of the molecule is CN(C)c1nc(C2CCN(c3ncccc3F)C2)cc(=O)[nH]1. The number of hydrogen-bond donors (Lipinski definition) is 1. The molecule has 2 aromatic heterocycles. The van der Waals surface area contributed by atoms with Crippen LogP contribution in [0.15, 0.2) is 29.2 Å². The predicted octanol–water partition coefficient (Wildman–Crippen LogP) is 1.36. The third kappa shape index (κ3) is 2.79. The Balaban J connectivity index is 1.84. The van der Waals surface area contributed by atoms with Crippen molar-refractivity contribution >= 4 is 11.8 Å². The summed E-state index contributed by atoms with van der Waals surface area (Å²) in [6.07, 6.45) is 2.40. The van der Waals surface area contributed by atoms with E-state index in [0.29, 0.717) is 24.9 Å². The van der Waals surface area contributed by atoms with E-state index in [1.54, 1.807) is 17.2 Å². The van der Waals surface area contributed by atoms with Gasteiger partial charge in [0.25, 0.3) is 5.56 Å². The van der Waals surface area contributed by atoms with Crippen LogP contribution in [0.25, 0.3) is 0 Å². The van der Waals surface area contributed by atoms with Crippen LogP contribution in [-0.2, 0) is 0 Å². The molecule has 22 heavy (non-hydrogen) atoms. The second-order valence-electron chi connectivity index (χ2n) is 5.63. The molecule has 0 aliphatic carbocycles. The first kappa shape index (κ1) is 14.5. The molecule has 0 bridgehead atoms. The highest BCUT2D eigenvalue weighted by molar-refractivity contribution is 5.42. The Morgan fingerprint density at radius 2 is 2.27 bits per heavy atom. The van der Waals surface area contributed by atoms with Crippen molar-refractivity contribution in [1.29, 1.82) is 0 Å². The number of hydrogen-bond acceptors (Lipinski definition) is 5. The molecule has 6 nitrogen and oxygen atoms in total. The zero-order valence-corrected chi connectivity index (χ0v) is 12.6. The fourth-order valence-electron chi connectivity index (χ4n) is 2.69. The minimum Gasteiger partial charge on any atom is -0.353 e. The van der Waals surface area contributed by atoms with Gasteiger partial charge in [-0.3, -0.25) is 9.78 Å². The Morgan fingerprint density at radius 3 is 3.00 bits per heavy atom. The average Bonchev–Trinajstić information content (AvgIpc) is 2.96. The fourth-order valence-corrected chi connectivity index (χ4v) is 2.69. The summed E-state index contributed by atoms with van der Waals surface area (Å²) in [7, 11) is 3.65. The quantitative estimate of drug-likeness (QED) is 0.927. The third-order valence-corrected chi connectivity index (χ3v) is 3.82. The molecule has 0 spiro atoms.